The molecule has 2 saturated heterocycles. The normalized spacial score (nSPS) is 21.5. The Morgan fingerprint density at radius 1 is 1.05 bits per heavy atom. The van der Waals surface area contributed by atoms with E-state index in [2.05, 4.69) is 9.97 Å². The monoisotopic (exact) mass is 632 g/mol. The molecule has 2 aromatic heterocycles. The standard InChI is InChI=1S/C27H26F6N4O3S2/c28-18-12-20(30)19(29)10-14(18)11-21(34)15-8-16-3-4-17(9-15)37(16)25(38)5-7-42(39,40)26-35-22(23-2-1-6-41-23)13-24(36-26)27(31,32)33/h1-2,6,10,12-13,15-17,21H,3-5,7-9,11,34H2/t15?,16?,17?,21-/m1/s1. The van der Waals surface area contributed by atoms with Gasteiger partial charge in [0, 0.05) is 30.6 Å². The van der Waals surface area contributed by atoms with E-state index in [9.17, 15) is 39.6 Å². The van der Waals surface area contributed by atoms with Crippen LogP contribution in [-0.4, -0.2) is 53.1 Å². The summed E-state index contributed by atoms with van der Waals surface area (Å²) in [5, 5.41) is 0.619. The molecule has 2 fully saturated rings. The van der Waals surface area contributed by atoms with Gasteiger partial charge in [0.1, 0.15) is 11.5 Å². The lowest BCUT2D eigenvalue weighted by Gasteiger charge is -2.41. The van der Waals surface area contributed by atoms with Gasteiger partial charge in [0.05, 0.1) is 16.3 Å². The van der Waals surface area contributed by atoms with Crippen molar-refractivity contribution in [1.29, 1.82) is 0 Å². The minimum absolute atomic E-state index is 0.0240. The minimum atomic E-state index is -4.91. The van der Waals surface area contributed by atoms with Crippen LogP contribution in [0.25, 0.3) is 10.6 Å². The highest BCUT2D eigenvalue weighted by Crippen LogP contribution is 2.41. The third-order valence-corrected chi connectivity index (χ3v) is 10.2. The second-order valence-corrected chi connectivity index (χ2v) is 13.6. The van der Waals surface area contributed by atoms with Crippen LogP contribution in [0.2, 0.25) is 0 Å². The van der Waals surface area contributed by atoms with Crippen molar-refractivity contribution in [1.82, 2.24) is 14.9 Å². The van der Waals surface area contributed by atoms with Crippen LogP contribution in [0.1, 0.15) is 43.4 Å². The Balaban J connectivity index is 1.25. The summed E-state index contributed by atoms with van der Waals surface area (Å²) in [5.74, 6) is -4.74. The molecule has 7 nitrogen and oxygen atoms in total. The number of carbonyl (C=O) groups excluding carboxylic acids is 1. The second kappa shape index (κ2) is 11.6. The van der Waals surface area contributed by atoms with E-state index in [-0.39, 0.29) is 35.7 Å². The van der Waals surface area contributed by atoms with Crippen LogP contribution < -0.4 is 5.73 Å². The number of thiophene rings is 1. The molecular formula is C27H26F6N4O3S2. The van der Waals surface area contributed by atoms with Gasteiger partial charge in [-0.25, -0.2) is 31.6 Å². The molecule has 2 bridgehead atoms. The number of nitrogens with two attached hydrogens (primary N) is 1. The Kier molecular flexibility index (Phi) is 8.38. The van der Waals surface area contributed by atoms with E-state index in [1.54, 1.807) is 16.3 Å². The molecule has 0 spiro atoms. The average Bonchev–Trinajstić information content (AvgIpc) is 3.56. The second-order valence-electron chi connectivity index (χ2n) is 10.6. The number of nitrogens with zero attached hydrogens (tertiary/aromatic N) is 3. The average molecular weight is 633 g/mol. The topological polar surface area (TPSA) is 106 Å². The summed E-state index contributed by atoms with van der Waals surface area (Å²) >= 11 is 1.09. The van der Waals surface area contributed by atoms with Crippen molar-refractivity contribution in [2.45, 2.75) is 68.0 Å². The maximum absolute atomic E-state index is 14.1. The fourth-order valence-corrected chi connectivity index (χ4v) is 7.61. The molecule has 0 saturated carbocycles. The van der Waals surface area contributed by atoms with Crippen LogP contribution in [0.5, 0.6) is 0 Å². The summed E-state index contributed by atoms with van der Waals surface area (Å²) in [4.78, 5) is 22.3. The van der Waals surface area contributed by atoms with Crippen molar-refractivity contribution in [3.05, 3.63) is 64.4 Å². The summed E-state index contributed by atoms with van der Waals surface area (Å²) < 4.78 is 108. The Labute approximate surface area is 241 Å². The molecule has 2 unspecified atom stereocenters. The molecule has 42 heavy (non-hydrogen) atoms. The molecule has 3 atom stereocenters. The first-order valence-electron chi connectivity index (χ1n) is 13.2. The first-order valence-corrected chi connectivity index (χ1v) is 15.7. The number of hydrogen-bond acceptors (Lipinski definition) is 7. The number of sulfone groups is 1. The van der Waals surface area contributed by atoms with Crippen LogP contribution in [0.15, 0.2) is 40.9 Å². The number of amides is 1. The fourth-order valence-electron chi connectivity index (χ4n) is 5.82. The van der Waals surface area contributed by atoms with Crippen LogP contribution in [0.3, 0.4) is 0 Å². The SMILES string of the molecule is N[C@H](Cc1cc(F)c(F)cc1F)C1CC2CCC(C1)N2C(=O)CCS(=O)(=O)c1nc(-c2cccs2)cc(C(F)(F)F)n1. The molecule has 2 N–H and O–H groups in total. The van der Waals surface area contributed by atoms with Crippen molar-refractivity contribution < 1.29 is 39.6 Å². The van der Waals surface area contributed by atoms with Gasteiger partial charge in [-0.2, -0.15) is 13.2 Å². The van der Waals surface area contributed by atoms with Crippen LogP contribution >= 0.6 is 11.3 Å². The number of aromatic nitrogens is 2. The molecule has 2 aliphatic rings. The molecule has 1 aromatic carbocycles. The van der Waals surface area contributed by atoms with Gasteiger partial charge in [-0.05, 0) is 67.2 Å². The lowest BCUT2D eigenvalue weighted by molar-refractivity contribution is -0.141. The smallest absolute Gasteiger partial charge is 0.337 e. The molecule has 15 heteroatoms. The van der Waals surface area contributed by atoms with Crippen molar-refractivity contribution in [2.24, 2.45) is 11.7 Å². The zero-order valence-electron chi connectivity index (χ0n) is 22.0. The number of alkyl halides is 3. The number of rotatable bonds is 8. The Bertz CT molecular complexity index is 1570. The molecule has 4 heterocycles. The van der Waals surface area contributed by atoms with Gasteiger partial charge in [-0.3, -0.25) is 4.79 Å². The molecule has 1 amide bonds. The van der Waals surface area contributed by atoms with E-state index in [4.69, 9.17) is 5.73 Å². The van der Waals surface area contributed by atoms with Gasteiger partial charge in [-0.15, -0.1) is 11.3 Å². The van der Waals surface area contributed by atoms with Crippen molar-refractivity contribution in [2.75, 3.05) is 5.75 Å². The van der Waals surface area contributed by atoms with Crippen LogP contribution in [0, 0.1) is 23.4 Å². The molecule has 5 rings (SSSR count). The van der Waals surface area contributed by atoms with Crippen molar-refractivity contribution >= 4 is 27.1 Å². The van der Waals surface area contributed by atoms with Gasteiger partial charge >= 0.3 is 6.18 Å². The third kappa shape index (κ3) is 6.32. The van der Waals surface area contributed by atoms with E-state index in [1.165, 1.54) is 6.07 Å². The molecular weight excluding hydrogens is 606 g/mol. The summed E-state index contributed by atoms with van der Waals surface area (Å²) in [7, 11) is -4.45. The number of carbonyl (C=O) groups is 1. The minimum Gasteiger partial charge on any atom is -0.337 e. The zero-order valence-corrected chi connectivity index (χ0v) is 23.6. The van der Waals surface area contributed by atoms with Gasteiger partial charge in [-0.1, -0.05) is 6.07 Å². The quantitative estimate of drug-likeness (QED) is 0.209. The Morgan fingerprint density at radius 3 is 2.33 bits per heavy atom. The summed E-state index contributed by atoms with van der Waals surface area (Å²) in [5.41, 5.74) is 4.70. The highest BCUT2D eigenvalue weighted by atomic mass is 32.2. The highest BCUT2D eigenvalue weighted by Gasteiger charge is 2.45. The van der Waals surface area contributed by atoms with Crippen molar-refractivity contribution in [3.8, 4) is 10.6 Å². The predicted octanol–water partition coefficient (Wildman–Crippen LogP) is 5.14. The third-order valence-electron chi connectivity index (χ3n) is 7.84. The maximum Gasteiger partial charge on any atom is 0.433 e. The number of piperidine rings is 1. The summed E-state index contributed by atoms with van der Waals surface area (Å²) in [6, 6.07) is 3.96. The van der Waals surface area contributed by atoms with E-state index in [0.717, 1.165) is 17.4 Å². The van der Waals surface area contributed by atoms with E-state index < -0.39 is 68.4 Å². The highest BCUT2D eigenvalue weighted by molar-refractivity contribution is 7.91. The molecule has 2 aliphatic heterocycles. The maximum atomic E-state index is 14.1. The first-order chi connectivity index (χ1) is 19.7. The number of halogens is 6. The predicted molar refractivity (Wildman–Crippen MR) is 141 cm³/mol. The molecule has 0 radical (unpaired) electrons. The zero-order chi connectivity index (χ0) is 30.4. The van der Waals surface area contributed by atoms with E-state index >= 15 is 0 Å². The van der Waals surface area contributed by atoms with E-state index in [1.807, 2.05) is 0 Å². The largest absolute Gasteiger partial charge is 0.433 e. The fraction of sp³-hybridized carbons (Fsp3) is 0.444. The Hall–Kier alpha value is -3.04. The molecule has 0 aliphatic carbocycles. The lowest BCUT2D eigenvalue weighted by atomic mass is 9.82. The van der Waals surface area contributed by atoms with Gasteiger partial charge in [0.25, 0.3) is 0 Å². The van der Waals surface area contributed by atoms with Gasteiger partial charge in [0.2, 0.25) is 20.9 Å². The first kappa shape index (κ1) is 30.4. The molecule has 226 valence electrons. The number of hydrogen-bond donors (Lipinski definition) is 1. The summed E-state index contributed by atoms with van der Waals surface area (Å²) in [6.45, 7) is 0. The van der Waals surface area contributed by atoms with E-state index in [0.29, 0.717) is 42.7 Å². The number of benzene rings is 1. The van der Waals surface area contributed by atoms with Crippen molar-refractivity contribution in [3.63, 3.8) is 0 Å². The van der Waals surface area contributed by atoms with Gasteiger partial charge < -0.3 is 10.6 Å². The van der Waals surface area contributed by atoms with Crippen LogP contribution in [0.4, 0.5) is 26.3 Å². The molecule has 3 aromatic rings. The Morgan fingerprint density at radius 2 is 1.71 bits per heavy atom. The lowest BCUT2D eigenvalue weighted by Crippen LogP contribution is -2.50. The van der Waals surface area contributed by atoms with Gasteiger partial charge in [0.15, 0.2) is 11.6 Å². The number of fused-ring (bicyclic) bond motifs is 2. The van der Waals surface area contributed by atoms with Crippen LogP contribution in [-0.2, 0) is 27.2 Å². The summed E-state index contributed by atoms with van der Waals surface area (Å²) in [6.07, 6.45) is -3.19.